The number of hydrogen-bond donors (Lipinski definition) is 1. The summed E-state index contributed by atoms with van der Waals surface area (Å²) in [6.45, 7) is 4.10. The molecule has 0 unspecified atom stereocenters. The summed E-state index contributed by atoms with van der Waals surface area (Å²) in [6, 6.07) is 16.0. The van der Waals surface area contributed by atoms with Crippen LogP contribution in [0, 0.1) is 5.92 Å². The summed E-state index contributed by atoms with van der Waals surface area (Å²) in [6.07, 6.45) is 0. The van der Waals surface area contributed by atoms with Gasteiger partial charge < -0.3 is 10.2 Å². The Morgan fingerprint density at radius 3 is 2.10 bits per heavy atom. The van der Waals surface area contributed by atoms with Gasteiger partial charge in [-0.2, -0.15) is 0 Å². The van der Waals surface area contributed by atoms with Gasteiger partial charge in [0.25, 0.3) is 0 Å². The van der Waals surface area contributed by atoms with E-state index in [1.807, 2.05) is 43.4 Å². The van der Waals surface area contributed by atoms with E-state index < -0.39 is 10.8 Å². The summed E-state index contributed by atoms with van der Waals surface area (Å²) in [5.74, 6) is 0.502. The Morgan fingerprint density at radius 2 is 1.57 bits per heavy atom. The Hall–Kier alpha value is -1.65. The maximum absolute atomic E-state index is 12.7. The van der Waals surface area contributed by atoms with E-state index in [4.69, 9.17) is 0 Å². The molecule has 0 amide bonds. The molecule has 0 spiro atoms. The van der Waals surface area contributed by atoms with Crippen LogP contribution in [-0.4, -0.2) is 24.3 Å². The van der Waals surface area contributed by atoms with E-state index in [2.05, 4.69) is 29.3 Å². The number of rotatable bonds is 4. The van der Waals surface area contributed by atoms with Crippen molar-refractivity contribution in [2.75, 3.05) is 25.0 Å². The maximum atomic E-state index is 12.7. The van der Waals surface area contributed by atoms with Gasteiger partial charge in [-0.3, -0.25) is 0 Å². The largest absolute Gasteiger partial charge is 0.339 e. The molecule has 0 saturated heterocycles. The zero-order valence-corrected chi connectivity index (χ0v) is 13.2. The Labute approximate surface area is 128 Å². The number of benzene rings is 2. The van der Waals surface area contributed by atoms with Crippen molar-refractivity contribution in [2.24, 2.45) is 5.92 Å². The van der Waals surface area contributed by atoms with Crippen molar-refractivity contribution in [1.82, 2.24) is 5.32 Å². The monoisotopic (exact) mass is 300 g/mol. The second kappa shape index (κ2) is 6.00. The maximum Gasteiger partial charge on any atom is 0.0892 e. The Morgan fingerprint density at radius 1 is 1.05 bits per heavy atom. The van der Waals surface area contributed by atoms with Crippen molar-refractivity contribution in [3.05, 3.63) is 48.5 Å². The van der Waals surface area contributed by atoms with Gasteiger partial charge in [0.1, 0.15) is 0 Å². The van der Waals surface area contributed by atoms with Crippen LogP contribution in [0.25, 0.3) is 0 Å². The second-order valence-corrected chi connectivity index (χ2v) is 6.89. The van der Waals surface area contributed by atoms with E-state index in [1.54, 1.807) is 0 Å². The summed E-state index contributed by atoms with van der Waals surface area (Å²) < 4.78 is 12.7. The third-order valence-corrected chi connectivity index (χ3v) is 5.25. The van der Waals surface area contributed by atoms with Crippen molar-refractivity contribution in [2.45, 2.75) is 16.7 Å². The average Bonchev–Trinajstić information content (AvgIpc) is 2.52. The molecule has 1 N–H and O–H groups in total. The molecule has 2 aromatic carbocycles. The Bertz CT molecular complexity index is 622. The molecule has 0 aliphatic carbocycles. The lowest BCUT2D eigenvalue weighted by molar-refractivity contribution is 0.547. The first-order chi connectivity index (χ1) is 10.2. The highest BCUT2D eigenvalue weighted by Gasteiger charge is 2.28. The number of para-hydroxylation sites is 2. The second-order valence-electron chi connectivity index (χ2n) is 5.48. The Balaban J connectivity index is 2.07. The molecule has 0 aromatic heterocycles. The predicted octanol–water partition coefficient (Wildman–Crippen LogP) is 3.16. The first-order valence-electron chi connectivity index (χ1n) is 7.24. The van der Waals surface area contributed by atoms with Gasteiger partial charge in [0.05, 0.1) is 32.0 Å². The normalized spacial score (nSPS) is 15.4. The van der Waals surface area contributed by atoms with Crippen LogP contribution < -0.4 is 10.2 Å². The molecular weight excluding hydrogens is 280 g/mol. The van der Waals surface area contributed by atoms with Crippen LogP contribution in [0.2, 0.25) is 0 Å². The molecule has 1 heterocycles. The summed E-state index contributed by atoms with van der Waals surface area (Å²) in [4.78, 5) is 4.12. The van der Waals surface area contributed by atoms with Gasteiger partial charge >= 0.3 is 0 Å². The molecule has 3 rings (SSSR count). The zero-order chi connectivity index (χ0) is 14.8. The van der Waals surface area contributed by atoms with Crippen molar-refractivity contribution >= 4 is 22.2 Å². The minimum Gasteiger partial charge on any atom is -0.339 e. The van der Waals surface area contributed by atoms with Crippen LogP contribution in [0.4, 0.5) is 11.4 Å². The van der Waals surface area contributed by atoms with Gasteiger partial charge in [-0.05, 0) is 43.8 Å². The number of nitrogens with one attached hydrogen (secondary N) is 1. The molecule has 0 radical (unpaired) electrons. The van der Waals surface area contributed by atoms with Crippen LogP contribution in [0.1, 0.15) is 6.92 Å². The van der Waals surface area contributed by atoms with E-state index in [-0.39, 0.29) is 0 Å². The van der Waals surface area contributed by atoms with E-state index in [1.165, 1.54) is 0 Å². The average molecular weight is 300 g/mol. The van der Waals surface area contributed by atoms with E-state index in [9.17, 15) is 4.21 Å². The fraction of sp³-hybridized carbons (Fsp3) is 0.294. The third-order valence-electron chi connectivity index (χ3n) is 3.76. The minimum atomic E-state index is -1.09. The molecule has 1 aliphatic rings. The van der Waals surface area contributed by atoms with Crippen LogP contribution in [0.3, 0.4) is 0 Å². The van der Waals surface area contributed by atoms with E-state index in [0.29, 0.717) is 5.92 Å². The summed E-state index contributed by atoms with van der Waals surface area (Å²) in [5.41, 5.74) is 2.13. The van der Waals surface area contributed by atoms with Crippen molar-refractivity contribution in [3.63, 3.8) is 0 Å². The van der Waals surface area contributed by atoms with Gasteiger partial charge in [0.15, 0.2) is 0 Å². The lowest BCUT2D eigenvalue weighted by atomic mass is 10.1. The highest BCUT2D eigenvalue weighted by atomic mass is 32.2. The number of nitrogens with zero attached hydrogens (tertiary/aromatic N) is 1. The van der Waals surface area contributed by atoms with E-state index >= 15 is 0 Å². The summed E-state index contributed by atoms with van der Waals surface area (Å²) in [5, 5.41) is 3.23. The SMILES string of the molecule is CNC[C@H](C)CN1c2ccccc2S(=O)c2ccccc21. The molecule has 1 atom stereocenters. The molecular formula is C17H20N2OS. The van der Waals surface area contributed by atoms with Gasteiger partial charge in [-0.15, -0.1) is 0 Å². The zero-order valence-electron chi connectivity index (χ0n) is 12.4. The van der Waals surface area contributed by atoms with Crippen LogP contribution >= 0.6 is 0 Å². The molecule has 2 aromatic rings. The van der Waals surface area contributed by atoms with Crippen molar-refractivity contribution in [1.29, 1.82) is 0 Å². The highest BCUT2D eigenvalue weighted by molar-refractivity contribution is 7.85. The van der Waals surface area contributed by atoms with Crippen molar-refractivity contribution < 1.29 is 4.21 Å². The van der Waals surface area contributed by atoms with Gasteiger partial charge in [-0.1, -0.05) is 31.2 Å². The highest BCUT2D eigenvalue weighted by Crippen LogP contribution is 2.41. The van der Waals surface area contributed by atoms with Crippen LogP contribution in [0.5, 0.6) is 0 Å². The molecule has 0 saturated carbocycles. The third kappa shape index (κ3) is 2.61. The molecule has 4 heteroatoms. The fourth-order valence-corrected chi connectivity index (χ4v) is 4.22. The predicted molar refractivity (Wildman–Crippen MR) is 87.7 cm³/mol. The molecule has 0 fully saturated rings. The minimum absolute atomic E-state index is 0.502. The van der Waals surface area contributed by atoms with Crippen molar-refractivity contribution in [3.8, 4) is 0 Å². The standard InChI is InChI=1S/C17H20N2OS/c1-13(11-18-2)12-19-14-7-3-5-9-16(14)21(20)17-10-6-4-8-15(17)19/h3-10,13,18H,11-12H2,1-2H3/t13-/m0/s1. The first-order valence-corrected chi connectivity index (χ1v) is 8.39. The molecule has 3 nitrogen and oxygen atoms in total. The topological polar surface area (TPSA) is 32.3 Å². The summed E-state index contributed by atoms with van der Waals surface area (Å²) in [7, 11) is 0.889. The number of fused-ring (bicyclic) bond motifs is 2. The number of hydrogen-bond acceptors (Lipinski definition) is 3. The molecule has 110 valence electrons. The molecule has 0 bridgehead atoms. The van der Waals surface area contributed by atoms with E-state index in [0.717, 1.165) is 34.3 Å². The summed E-state index contributed by atoms with van der Waals surface area (Å²) >= 11 is 0. The van der Waals surface area contributed by atoms with Crippen LogP contribution in [-0.2, 0) is 10.8 Å². The molecule has 21 heavy (non-hydrogen) atoms. The Kier molecular flexibility index (Phi) is 4.08. The lowest BCUT2D eigenvalue weighted by Crippen LogP contribution is -2.32. The van der Waals surface area contributed by atoms with Gasteiger partial charge in [0.2, 0.25) is 0 Å². The lowest BCUT2D eigenvalue weighted by Gasteiger charge is -2.34. The molecule has 1 aliphatic heterocycles. The smallest absolute Gasteiger partial charge is 0.0892 e. The fourth-order valence-electron chi connectivity index (χ4n) is 2.84. The first kappa shape index (κ1) is 14.3. The number of anilines is 2. The van der Waals surface area contributed by atoms with Gasteiger partial charge in [0, 0.05) is 6.54 Å². The van der Waals surface area contributed by atoms with Crippen LogP contribution in [0.15, 0.2) is 58.3 Å². The van der Waals surface area contributed by atoms with Gasteiger partial charge in [-0.25, -0.2) is 4.21 Å². The quantitative estimate of drug-likeness (QED) is 0.941.